The molecule has 2 bridgehead atoms. The molecule has 6 nitrogen and oxygen atoms in total. The molecule has 1 saturated carbocycles. The SMILES string of the molecule is O=C(c1ccc(F)cc1)[C@H](CCCl)N(C(=O)c1ccc(Cl)cc1Cl)N1C(=O)[C@@H]2[C@@H](C1=O)[C@H]1C=C[C@H]2C1. The van der Waals surface area contributed by atoms with Crippen LogP contribution in [-0.4, -0.2) is 45.4 Å². The Balaban J connectivity index is 1.61. The fourth-order valence-electron chi connectivity index (χ4n) is 5.53. The van der Waals surface area contributed by atoms with Crippen LogP contribution in [0.3, 0.4) is 0 Å². The van der Waals surface area contributed by atoms with Crippen LogP contribution in [0, 0.1) is 29.5 Å². The second kappa shape index (κ2) is 9.61. The molecule has 1 aliphatic heterocycles. The van der Waals surface area contributed by atoms with Crippen LogP contribution in [0.15, 0.2) is 54.6 Å². The highest BCUT2D eigenvalue weighted by atomic mass is 35.5. The number of imide groups is 1. The maximum absolute atomic E-state index is 13.9. The molecule has 0 radical (unpaired) electrons. The molecule has 0 aromatic heterocycles. The molecule has 186 valence electrons. The summed E-state index contributed by atoms with van der Waals surface area (Å²) in [6, 6.07) is 7.66. The van der Waals surface area contributed by atoms with E-state index < -0.39 is 47.2 Å². The Labute approximate surface area is 221 Å². The number of alkyl halides is 1. The summed E-state index contributed by atoms with van der Waals surface area (Å²) in [5.41, 5.74) is 0.0684. The minimum absolute atomic E-state index is 0.00243. The second-order valence-corrected chi connectivity index (χ2v) is 10.3. The lowest BCUT2D eigenvalue weighted by Gasteiger charge is -2.37. The highest BCUT2D eigenvalue weighted by molar-refractivity contribution is 6.36. The number of rotatable bonds is 7. The number of hydrazine groups is 1. The van der Waals surface area contributed by atoms with Crippen molar-refractivity contribution in [2.24, 2.45) is 23.7 Å². The predicted octanol–water partition coefficient (Wildman–Crippen LogP) is 5.18. The van der Waals surface area contributed by atoms with E-state index in [2.05, 4.69) is 0 Å². The molecule has 0 unspecified atom stereocenters. The van der Waals surface area contributed by atoms with Gasteiger partial charge in [-0.15, -0.1) is 11.6 Å². The van der Waals surface area contributed by atoms with Gasteiger partial charge in [0.1, 0.15) is 11.9 Å². The Morgan fingerprint density at radius 3 is 2.17 bits per heavy atom. The molecule has 2 aromatic carbocycles. The minimum Gasteiger partial charge on any atom is -0.292 e. The van der Waals surface area contributed by atoms with Crippen molar-refractivity contribution in [3.05, 3.63) is 81.6 Å². The molecule has 3 aliphatic rings. The molecule has 1 heterocycles. The summed E-state index contributed by atoms with van der Waals surface area (Å²) in [6.07, 6.45) is 4.51. The fraction of sp³-hybridized carbons (Fsp3) is 0.308. The largest absolute Gasteiger partial charge is 0.292 e. The van der Waals surface area contributed by atoms with Gasteiger partial charge < -0.3 is 0 Å². The third kappa shape index (κ3) is 4.03. The van der Waals surface area contributed by atoms with Gasteiger partial charge in [-0.05, 0) is 67.1 Å². The van der Waals surface area contributed by atoms with Crippen LogP contribution >= 0.6 is 34.8 Å². The molecule has 3 amide bonds. The quantitative estimate of drug-likeness (QED) is 0.207. The van der Waals surface area contributed by atoms with Crippen molar-refractivity contribution in [3.8, 4) is 0 Å². The fourth-order valence-corrected chi connectivity index (χ4v) is 6.23. The molecule has 2 fully saturated rings. The van der Waals surface area contributed by atoms with Gasteiger partial charge in [0.2, 0.25) is 0 Å². The van der Waals surface area contributed by atoms with Gasteiger partial charge in [-0.1, -0.05) is 35.4 Å². The number of carbonyl (C=O) groups excluding carboxylic acids is 4. The summed E-state index contributed by atoms with van der Waals surface area (Å²) >= 11 is 18.3. The van der Waals surface area contributed by atoms with Crippen molar-refractivity contribution < 1.29 is 23.6 Å². The zero-order valence-electron chi connectivity index (χ0n) is 18.7. The zero-order chi connectivity index (χ0) is 25.7. The highest BCUT2D eigenvalue weighted by Crippen LogP contribution is 2.53. The van der Waals surface area contributed by atoms with Gasteiger partial charge in [-0.3, -0.25) is 19.2 Å². The summed E-state index contributed by atoms with van der Waals surface area (Å²) in [6.45, 7) is 0. The summed E-state index contributed by atoms with van der Waals surface area (Å²) in [5.74, 6) is -4.46. The van der Waals surface area contributed by atoms with Crippen molar-refractivity contribution in [2.45, 2.75) is 18.9 Å². The zero-order valence-corrected chi connectivity index (χ0v) is 21.0. The first-order valence-corrected chi connectivity index (χ1v) is 12.7. The summed E-state index contributed by atoms with van der Waals surface area (Å²) < 4.78 is 13.5. The highest BCUT2D eigenvalue weighted by Gasteiger charge is 2.62. The number of benzene rings is 2. The normalized spacial score (nSPS) is 24.8. The average Bonchev–Trinajstić information content (AvgIpc) is 3.53. The Morgan fingerprint density at radius 1 is 1.00 bits per heavy atom. The lowest BCUT2D eigenvalue weighted by molar-refractivity contribution is -0.157. The molecule has 5 rings (SSSR count). The van der Waals surface area contributed by atoms with Gasteiger partial charge in [-0.2, -0.15) is 5.01 Å². The molecule has 5 atom stereocenters. The number of hydrogen-bond acceptors (Lipinski definition) is 4. The van der Waals surface area contributed by atoms with Crippen molar-refractivity contribution in [3.63, 3.8) is 0 Å². The predicted molar refractivity (Wildman–Crippen MR) is 132 cm³/mol. The Hall–Kier alpha value is -2.74. The summed E-state index contributed by atoms with van der Waals surface area (Å²) in [4.78, 5) is 54.9. The first-order valence-electron chi connectivity index (χ1n) is 11.4. The summed E-state index contributed by atoms with van der Waals surface area (Å²) in [5, 5.41) is 1.99. The number of ketones is 1. The van der Waals surface area contributed by atoms with Crippen molar-refractivity contribution in [1.29, 1.82) is 0 Å². The molecule has 36 heavy (non-hydrogen) atoms. The van der Waals surface area contributed by atoms with E-state index in [1.54, 1.807) is 0 Å². The molecular weight excluding hydrogens is 530 g/mol. The van der Waals surface area contributed by atoms with Crippen molar-refractivity contribution in [1.82, 2.24) is 10.0 Å². The van der Waals surface area contributed by atoms with Crippen LogP contribution in [0.5, 0.6) is 0 Å². The lowest BCUT2D eigenvalue weighted by Crippen LogP contribution is -2.58. The van der Waals surface area contributed by atoms with Gasteiger partial charge in [0.25, 0.3) is 17.7 Å². The van der Waals surface area contributed by atoms with Crippen LogP contribution in [0.25, 0.3) is 0 Å². The van der Waals surface area contributed by atoms with Crippen LogP contribution in [-0.2, 0) is 9.59 Å². The molecule has 2 aliphatic carbocycles. The van der Waals surface area contributed by atoms with Gasteiger partial charge in [0.15, 0.2) is 5.78 Å². The van der Waals surface area contributed by atoms with Crippen molar-refractivity contribution >= 4 is 58.3 Å². The molecule has 2 aromatic rings. The van der Waals surface area contributed by atoms with Crippen LogP contribution < -0.4 is 0 Å². The third-order valence-corrected chi connectivity index (χ3v) is 7.91. The lowest BCUT2D eigenvalue weighted by atomic mass is 9.85. The topological polar surface area (TPSA) is 74.8 Å². The smallest absolute Gasteiger partial charge is 0.275 e. The Bertz CT molecular complexity index is 1270. The number of halogens is 4. The Kier molecular flexibility index (Phi) is 6.66. The summed E-state index contributed by atoms with van der Waals surface area (Å²) in [7, 11) is 0. The molecule has 1 saturated heterocycles. The molecule has 10 heteroatoms. The number of hydrogen-bond donors (Lipinski definition) is 0. The van der Waals surface area contributed by atoms with E-state index in [9.17, 15) is 23.6 Å². The van der Waals surface area contributed by atoms with E-state index in [1.807, 2.05) is 12.2 Å². The average molecular weight is 550 g/mol. The van der Waals surface area contributed by atoms with E-state index in [0.29, 0.717) is 6.42 Å². The van der Waals surface area contributed by atoms with Gasteiger partial charge in [0.05, 0.1) is 22.4 Å². The number of nitrogens with zero attached hydrogens (tertiary/aromatic N) is 2. The van der Waals surface area contributed by atoms with E-state index in [1.165, 1.54) is 30.3 Å². The van der Waals surface area contributed by atoms with Gasteiger partial charge in [-0.25, -0.2) is 9.40 Å². The van der Waals surface area contributed by atoms with E-state index in [-0.39, 0.29) is 45.3 Å². The third-order valence-electron chi connectivity index (χ3n) is 7.14. The van der Waals surface area contributed by atoms with Gasteiger partial charge in [0, 0.05) is 16.5 Å². The maximum atomic E-state index is 13.9. The number of amides is 3. The molecular formula is C26H20Cl3FN2O4. The second-order valence-electron chi connectivity index (χ2n) is 9.13. The van der Waals surface area contributed by atoms with E-state index >= 15 is 0 Å². The molecule has 0 N–H and O–H groups in total. The van der Waals surface area contributed by atoms with Gasteiger partial charge >= 0.3 is 0 Å². The van der Waals surface area contributed by atoms with Crippen molar-refractivity contribution in [2.75, 3.05) is 5.88 Å². The van der Waals surface area contributed by atoms with Crippen LogP contribution in [0.2, 0.25) is 10.0 Å². The molecule has 0 spiro atoms. The standard InChI is InChI=1S/C26H20Cl3FN2O4/c27-10-9-20(23(33)13-3-6-17(30)7-4-13)31(24(34)18-8-5-16(28)12-19(18)29)32-25(35)21-14-1-2-15(11-14)22(21)26(32)36/h1-8,12,14-15,20-22H,9-11H2/t14-,15-,20-,21-,22-/m0/s1. The van der Waals surface area contributed by atoms with Crippen LogP contribution in [0.1, 0.15) is 33.6 Å². The van der Waals surface area contributed by atoms with E-state index in [4.69, 9.17) is 34.8 Å². The number of Topliss-reactive ketones (excluding diaryl/α,β-unsaturated/α-hetero) is 1. The van der Waals surface area contributed by atoms with E-state index in [0.717, 1.165) is 22.2 Å². The first-order chi connectivity index (χ1) is 17.2. The minimum atomic E-state index is -1.32. The maximum Gasteiger partial charge on any atom is 0.275 e. The number of fused-ring (bicyclic) bond motifs is 5. The monoisotopic (exact) mass is 548 g/mol. The van der Waals surface area contributed by atoms with Crippen LogP contribution in [0.4, 0.5) is 4.39 Å². The number of carbonyl (C=O) groups is 4. The Morgan fingerprint density at radius 2 is 1.61 bits per heavy atom. The first kappa shape index (κ1) is 24.9. The number of allylic oxidation sites excluding steroid dienone is 2.